The molecule has 20 atom stereocenters. The van der Waals surface area contributed by atoms with Gasteiger partial charge in [0.2, 0.25) is 65.0 Å². The van der Waals surface area contributed by atoms with Gasteiger partial charge < -0.3 is 141 Å². The number of benzene rings is 1. The van der Waals surface area contributed by atoms with E-state index in [1.54, 1.807) is 12.1 Å². The number of rotatable bonds is 25. The lowest BCUT2D eigenvalue weighted by atomic mass is 10.0. The van der Waals surface area contributed by atoms with Gasteiger partial charge in [-0.25, -0.2) is 15.0 Å². The van der Waals surface area contributed by atoms with E-state index in [4.69, 9.17) is 63.1 Å². The van der Waals surface area contributed by atoms with E-state index in [1.165, 1.54) is 36.6 Å². The first-order valence-corrected chi connectivity index (χ1v) is 35.3. The summed E-state index contributed by atoms with van der Waals surface area (Å²) in [5.74, 6) is -6.91. The number of nitrogens with two attached hydrogens (primary N) is 11. The Morgan fingerprint density at radius 3 is 1.33 bits per heavy atom. The molecule has 0 aromatic heterocycles. The zero-order valence-corrected chi connectivity index (χ0v) is 57.5. The maximum atomic E-state index is 15.3. The van der Waals surface area contributed by atoms with E-state index in [9.17, 15) is 43.5 Å². The van der Waals surface area contributed by atoms with Crippen LogP contribution in [0, 0.1) is 0 Å². The van der Waals surface area contributed by atoms with Crippen LogP contribution < -0.4 is 111 Å². The molecule has 9 aliphatic rings. The quantitative estimate of drug-likeness (QED) is 0.0246. The molecule has 566 valence electrons. The van der Waals surface area contributed by atoms with Crippen molar-refractivity contribution in [1.29, 1.82) is 0 Å². The van der Waals surface area contributed by atoms with Crippen molar-refractivity contribution in [3.8, 4) is 5.75 Å². The fourth-order valence-electron chi connectivity index (χ4n) is 15.8. The van der Waals surface area contributed by atoms with Gasteiger partial charge in [-0.05, 0) is 75.5 Å². The fraction of sp³-hybridized carbons (Fsp3) is 0.683. The van der Waals surface area contributed by atoms with Crippen LogP contribution in [0.3, 0.4) is 0 Å². The predicted octanol–water partition coefficient (Wildman–Crippen LogP) is -12.7. The minimum atomic E-state index is -1.31. The summed E-state index contributed by atoms with van der Waals surface area (Å²) in [6.45, 7) is 1.08. The van der Waals surface area contributed by atoms with Gasteiger partial charge in [-0.15, -0.1) is 0 Å². The number of phenolic OH excluding ortho intramolecular Hbond substituents is 1. The van der Waals surface area contributed by atoms with Gasteiger partial charge in [-0.1, -0.05) is 12.1 Å². The van der Waals surface area contributed by atoms with Crippen molar-refractivity contribution < 1.29 is 57.8 Å². The number of amides is 11. The van der Waals surface area contributed by atoms with Gasteiger partial charge in [0.15, 0.2) is 17.9 Å². The van der Waals surface area contributed by atoms with Crippen LogP contribution >= 0.6 is 0 Å². The maximum absolute atomic E-state index is 15.3. The molecule has 10 rings (SSSR count). The maximum Gasteiger partial charge on any atom is 0.246 e. The Labute approximate surface area is 594 Å². The van der Waals surface area contributed by atoms with Crippen molar-refractivity contribution >= 4 is 82.9 Å². The molecule has 9 saturated heterocycles. The third kappa shape index (κ3) is 18.9. The first kappa shape index (κ1) is 76.3. The number of nitrogens with zero attached hydrogens (tertiary/aromatic N) is 8. The van der Waals surface area contributed by atoms with Gasteiger partial charge in [-0.3, -0.25) is 52.7 Å². The minimum Gasteiger partial charge on any atom is -0.508 e. The number of hydrogen-bond donors (Lipinski definition) is 21. The molecule has 9 heterocycles. The van der Waals surface area contributed by atoms with Gasteiger partial charge >= 0.3 is 0 Å². The van der Waals surface area contributed by atoms with Crippen molar-refractivity contribution in [2.24, 2.45) is 78.0 Å². The SMILES string of the molecule is NC(=O)[C@H](Cc1ccc(O)cc1)NC(=O)[C@H]1C[C@@H](N)CN1C(=O)[C@H]1C[C@@H](N=C(N)N)CN1C(=O)[C@H]1C[C@@H](N)CN1C(=O)[C@H](CCCCNC(=O)[C@H]1C[C@@H](NC(=O)[C@H]2C[C@@H](N=C(N)N)CN2C(=O)[C@H]2C[C@@H](N)CN2)CN1)NC(=O)[C@H]1C[C@@H](NC(=O)[C@H]2C[C@@H](N=C(N)N)CN2C(=O)[C@H]2C[C@@H](N)CN2)CN1. The number of carbonyl (C=O) groups is 11. The number of nitrogens with one attached hydrogen (secondary N) is 9. The van der Waals surface area contributed by atoms with Gasteiger partial charge in [0.05, 0.1) is 42.3 Å². The molecule has 1 aromatic carbocycles. The lowest BCUT2D eigenvalue weighted by molar-refractivity contribution is -0.151. The second-order valence-electron chi connectivity index (χ2n) is 28.8. The molecule has 32 N–H and O–H groups in total. The molecule has 0 bridgehead atoms. The standard InChI is InChI=1S/C63H102N28O12/c64-29-10-43(76-19-29)57(100)89-25-35(82-61(69)70)16-46(89)53(96)80-33-14-41(78-21-33)51(94)75-8-2-1-3-39(85-52(95)42-15-34(22-79-42)81-54(97)47-17-36(83-62(71)72)26-90(47)58(101)44-11-30(65)20-77-44)56(99)88-24-32(67)13-48(88)59(102)91-27-37(84-63(73)74)18-49(91)60(103)87-23-31(66)12-45(87)55(98)86-40(50(68)93)9-28-4-6-38(92)7-5-28/h4-7,29-37,39-49,76-79,92H,1-3,8-27,64-67H2,(H2,68,93)(H,75,94)(H,80,96)(H,81,97)(H,85,95)(H,86,98)(H4,69,70,82)(H4,71,72,83)(H4,73,74,84)/t29-,30-,31-,32-,33-,34-,35-,36-,37-,39+,40+,41-,42-,43-,44-,45-,46-,47-,48-,49-/m1/s1. The number of aromatic hydroxyl groups is 1. The second kappa shape index (κ2) is 33.4. The Hall–Kier alpha value is -9.32. The Bertz CT molecular complexity index is 3430. The van der Waals surface area contributed by atoms with E-state index in [2.05, 4.69) is 62.8 Å². The van der Waals surface area contributed by atoms with Gasteiger partial charge in [0, 0.05) is 127 Å². The molecular weight excluding hydrogens is 1340 g/mol. The van der Waals surface area contributed by atoms with Crippen LogP contribution in [-0.4, -0.2) is 299 Å². The summed E-state index contributed by atoms with van der Waals surface area (Å²) in [5.41, 5.74) is 66.0. The lowest BCUT2D eigenvalue weighted by Crippen LogP contribution is -2.58. The van der Waals surface area contributed by atoms with E-state index in [1.807, 2.05) is 0 Å². The van der Waals surface area contributed by atoms with Gasteiger partial charge in [0.1, 0.15) is 48.0 Å². The van der Waals surface area contributed by atoms with E-state index < -0.39 is 156 Å². The second-order valence-corrected chi connectivity index (χ2v) is 28.8. The number of hydrogen-bond acceptors (Lipinski definition) is 23. The first-order valence-electron chi connectivity index (χ1n) is 35.3. The highest BCUT2D eigenvalue weighted by Gasteiger charge is 2.52. The highest BCUT2D eigenvalue weighted by Crippen LogP contribution is 2.32. The summed E-state index contributed by atoms with van der Waals surface area (Å²) in [4.78, 5) is 176. The Morgan fingerprint density at radius 1 is 0.437 bits per heavy atom. The van der Waals surface area contributed by atoms with Crippen LogP contribution in [0.1, 0.15) is 82.6 Å². The highest BCUT2D eigenvalue weighted by molar-refractivity contribution is 5.99. The van der Waals surface area contributed by atoms with Crippen LogP contribution in [0.15, 0.2) is 39.2 Å². The summed E-state index contributed by atoms with van der Waals surface area (Å²) >= 11 is 0. The minimum absolute atomic E-state index is 0.0163. The Balaban J connectivity index is 0.808. The first-order chi connectivity index (χ1) is 49.0. The molecule has 1 aromatic rings. The fourth-order valence-corrected chi connectivity index (χ4v) is 15.8. The predicted molar refractivity (Wildman–Crippen MR) is 373 cm³/mol. The number of carbonyl (C=O) groups excluding carboxylic acids is 11. The average Bonchev–Trinajstić information content (AvgIpc) is 1.65. The zero-order valence-electron chi connectivity index (χ0n) is 57.5. The van der Waals surface area contributed by atoms with Crippen LogP contribution in [0.5, 0.6) is 5.75 Å². The summed E-state index contributed by atoms with van der Waals surface area (Å²) in [6.07, 6.45) is 1.61. The lowest BCUT2D eigenvalue weighted by Gasteiger charge is -2.35. The van der Waals surface area contributed by atoms with Crippen molar-refractivity contribution in [3.63, 3.8) is 0 Å². The Morgan fingerprint density at radius 2 is 0.854 bits per heavy atom. The summed E-state index contributed by atoms with van der Waals surface area (Å²) < 4.78 is 0. The van der Waals surface area contributed by atoms with E-state index in [0.29, 0.717) is 31.5 Å². The van der Waals surface area contributed by atoms with Crippen LogP contribution in [0.25, 0.3) is 0 Å². The largest absolute Gasteiger partial charge is 0.508 e. The number of guanidine groups is 3. The molecule has 0 spiro atoms. The summed E-state index contributed by atoms with van der Waals surface area (Å²) in [7, 11) is 0. The van der Waals surface area contributed by atoms with Crippen molar-refractivity contribution in [3.05, 3.63) is 29.8 Å². The van der Waals surface area contributed by atoms with E-state index in [0.717, 1.165) is 0 Å². The summed E-state index contributed by atoms with van der Waals surface area (Å²) in [6, 6.07) is -10.1. The molecule has 0 aliphatic carbocycles. The average molecular weight is 1440 g/mol. The molecule has 11 amide bonds. The molecule has 9 aliphatic heterocycles. The molecule has 103 heavy (non-hydrogen) atoms. The summed E-state index contributed by atoms with van der Waals surface area (Å²) in [5, 5.41) is 36.8. The van der Waals surface area contributed by atoms with E-state index in [-0.39, 0.29) is 176 Å². The topological polar surface area (TPSA) is 656 Å². The zero-order chi connectivity index (χ0) is 74.2. The molecule has 0 saturated carbocycles. The highest BCUT2D eigenvalue weighted by atomic mass is 16.3. The number of phenols is 1. The van der Waals surface area contributed by atoms with Gasteiger partial charge in [-0.2, -0.15) is 0 Å². The molecule has 40 heteroatoms. The van der Waals surface area contributed by atoms with Crippen molar-refractivity contribution in [2.45, 2.75) is 204 Å². The number of likely N-dealkylation sites (tertiary alicyclic amines) is 5. The van der Waals surface area contributed by atoms with Crippen molar-refractivity contribution in [1.82, 2.24) is 72.4 Å². The molecule has 40 nitrogen and oxygen atoms in total. The monoisotopic (exact) mass is 1440 g/mol. The molecular formula is C63H102N28O12. The van der Waals surface area contributed by atoms with E-state index >= 15 is 14.4 Å². The van der Waals surface area contributed by atoms with Crippen molar-refractivity contribution in [2.75, 3.05) is 65.4 Å². The third-order valence-electron chi connectivity index (χ3n) is 20.8. The van der Waals surface area contributed by atoms with Crippen LogP contribution in [-0.2, 0) is 59.2 Å². The number of aliphatic imine (C=N–C) groups is 3. The Kier molecular flexibility index (Phi) is 24.8. The van der Waals surface area contributed by atoms with Gasteiger partial charge in [0.25, 0.3) is 0 Å². The molecule has 0 unspecified atom stereocenters. The normalized spacial score (nSPS) is 31.6. The number of unbranched alkanes of at least 4 members (excludes halogenated alkanes) is 1. The number of primary amides is 1. The smallest absolute Gasteiger partial charge is 0.246 e. The van der Waals surface area contributed by atoms with Crippen LogP contribution in [0.2, 0.25) is 0 Å². The molecule has 0 radical (unpaired) electrons. The molecule has 9 fully saturated rings. The third-order valence-corrected chi connectivity index (χ3v) is 20.8. The van der Waals surface area contributed by atoms with Crippen LogP contribution in [0.4, 0.5) is 0 Å².